The Balaban J connectivity index is 0.00000200. The van der Waals surface area contributed by atoms with E-state index in [4.69, 9.17) is 0 Å². The Labute approximate surface area is 128 Å². The zero-order valence-electron chi connectivity index (χ0n) is 12.3. The standard InChI is InChI=1S/C16H24N2O.ClH/c1-3-15(13-8-5-4-6-9-13)16(19)18-11-7-10-14(12-18)17-2;/h4-6,8-9,14-15,17H,3,7,10-12H2,1-2H3;1H. The summed E-state index contributed by atoms with van der Waals surface area (Å²) in [5, 5.41) is 3.29. The fourth-order valence-electron chi connectivity index (χ4n) is 2.87. The summed E-state index contributed by atoms with van der Waals surface area (Å²) in [6.45, 7) is 3.84. The molecule has 20 heavy (non-hydrogen) atoms. The first kappa shape index (κ1) is 17.0. The van der Waals surface area contributed by atoms with E-state index in [-0.39, 0.29) is 24.2 Å². The highest BCUT2D eigenvalue weighted by Crippen LogP contribution is 2.23. The molecule has 112 valence electrons. The molecule has 1 aromatic rings. The van der Waals surface area contributed by atoms with Crippen LogP contribution in [0.15, 0.2) is 30.3 Å². The van der Waals surface area contributed by atoms with Crippen molar-refractivity contribution in [3.63, 3.8) is 0 Å². The Hall–Kier alpha value is -1.06. The molecule has 1 aromatic carbocycles. The molecule has 4 heteroatoms. The number of nitrogens with zero attached hydrogens (tertiary/aromatic N) is 1. The maximum absolute atomic E-state index is 12.7. The number of nitrogens with one attached hydrogen (secondary N) is 1. The van der Waals surface area contributed by atoms with Gasteiger partial charge in [-0.15, -0.1) is 12.4 Å². The van der Waals surface area contributed by atoms with Gasteiger partial charge in [-0.05, 0) is 31.9 Å². The monoisotopic (exact) mass is 296 g/mol. The summed E-state index contributed by atoms with van der Waals surface area (Å²) in [4.78, 5) is 14.7. The Morgan fingerprint density at radius 3 is 2.70 bits per heavy atom. The van der Waals surface area contributed by atoms with Crippen LogP contribution in [0.1, 0.15) is 37.7 Å². The predicted molar refractivity (Wildman–Crippen MR) is 85.4 cm³/mol. The Morgan fingerprint density at radius 1 is 1.40 bits per heavy atom. The molecular weight excluding hydrogens is 272 g/mol. The van der Waals surface area contributed by atoms with Crippen LogP contribution < -0.4 is 5.32 Å². The molecular formula is C16H25ClN2O. The Kier molecular flexibility index (Phi) is 7.03. The molecule has 0 aromatic heterocycles. The average molecular weight is 297 g/mol. The Bertz CT molecular complexity index is 410. The lowest BCUT2D eigenvalue weighted by Gasteiger charge is -2.34. The lowest BCUT2D eigenvalue weighted by molar-refractivity contribution is -0.134. The molecule has 1 saturated heterocycles. The molecule has 2 unspecified atom stereocenters. The summed E-state index contributed by atoms with van der Waals surface area (Å²) in [6.07, 6.45) is 3.13. The van der Waals surface area contributed by atoms with Gasteiger partial charge in [0.05, 0.1) is 5.92 Å². The Morgan fingerprint density at radius 2 is 2.10 bits per heavy atom. The fraction of sp³-hybridized carbons (Fsp3) is 0.562. The molecule has 1 aliphatic rings. The van der Waals surface area contributed by atoms with E-state index >= 15 is 0 Å². The van der Waals surface area contributed by atoms with Crippen molar-refractivity contribution < 1.29 is 4.79 Å². The van der Waals surface area contributed by atoms with E-state index < -0.39 is 0 Å². The van der Waals surface area contributed by atoms with Crippen molar-refractivity contribution in [1.29, 1.82) is 0 Å². The number of carbonyl (C=O) groups excluding carboxylic acids is 1. The molecule has 1 fully saturated rings. The van der Waals surface area contributed by atoms with Gasteiger partial charge in [0.1, 0.15) is 0 Å². The highest BCUT2D eigenvalue weighted by Gasteiger charge is 2.28. The molecule has 0 spiro atoms. The van der Waals surface area contributed by atoms with Crippen LogP contribution in [0.25, 0.3) is 0 Å². The van der Waals surface area contributed by atoms with Gasteiger partial charge in [0, 0.05) is 19.1 Å². The summed E-state index contributed by atoms with van der Waals surface area (Å²) < 4.78 is 0. The van der Waals surface area contributed by atoms with Gasteiger partial charge < -0.3 is 10.2 Å². The van der Waals surface area contributed by atoms with Gasteiger partial charge in [0.15, 0.2) is 0 Å². The van der Waals surface area contributed by atoms with E-state index in [1.165, 1.54) is 6.42 Å². The molecule has 2 rings (SSSR count). The molecule has 2 atom stereocenters. The normalized spacial score (nSPS) is 20.1. The quantitative estimate of drug-likeness (QED) is 0.927. The third kappa shape index (κ3) is 3.97. The van der Waals surface area contributed by atoms with Gasteiger partial charge in [-0.1, -0.05) is 37.3 Å². The number of hydrogen-bond acceptors (Lipinski definition) is 2. The maximum atomic E-state index is 12.7. The number of benzene rings is 1. The predicted octanol–water partition coefficient (Wildman–Crippen LogP) is 2.81. The van der Waals surface area contributed by atoms with Gasteiger partial charge >= 0.3 is 0 Å². The summed E-state index contributed by atoms with van der Waals surface area (Å²) in [6, 6.07) is 10.6. The number of carbonyl (C=O) groups is 1. The van der Waals surface area contributed by atoms with Crippen LogP contribution in [0.3, 0.4) is 0 Å². The van der Waals surface area contributed by atoms with Crippen LogP contribution in [-0.2, 0) is 4.79 Å². The van der Waals surface area contributed by atoms with Gasteiger partial charge in [-0.25, -0.2) is 0 Å². The number of rotatable bonds is 4. The zero-order valence-corrected chi connectivity index (χ0v) is 13.2. The fourth-order valence-corrected chi connectivity index (χ4v) is 2.87. The minimum atomic E-state index is 0. The topological polar surface area (TPSA) is 32.3 Å². The van der Waals surface area contributed by atoms with Crippen LogP contribution in [-0.4, -0.2) is 37.0 Å². The van der Waals surface area contributed by atoms with Gasteiger partial charge in [-0.2, -0.15) is 0 Å². The lowest BCUT2D eigenvalue weighted by atomic mass is 9.93. The molecule has 0 bridgehead atoms. The summed E-state index contributed by atoms with van der Waals surface area (Å²) in [5.74, 6) is 0.297. The van der Waals surface area contributed by atoms with Crippen LogP contribution in [0.4, 0.5) is 0 Å². The van der Waals surface area contributed by atoms with Crippen molar-refractivity contribution in [1.82, 2.24) is 10.2 Å². The van der Waals surface area contributed by atoms with E-state index in [1.54, 1.807) is 0 Å². The molecule has 1 N–H and O–H groups in total. The van der Waals surface area contributed by atoms with E-state index in [2.05, 4.69) is 24.4 Å². The van der Waals surface area contributed by atoms with Crippen molar-refractivity contribution in [2.24, 2.45) is 0 Å². The molecule has 0 radical (unpaired) electrons. The number of halogens is 1. The maximum Gasteiger partial charge on any atom is 0.230 e. The summed E-state index contributed by atoms with van der Waals surface area (Å²) >= 11 is 0. The highest BCUT2D eigenvalue weighted by atomic mass is 35.5. The number of likely N-dealkylation sites (N-methyl/N-ethyl adjacent to an activating group) is 1. The molecule has 1 heterocycles. The number of hydrogen-bond donors (Lipinski definition) is 1. The van der Waals surface area contributed by atoms with E-state index in [9.17, 15) is 4.79 Å². The third-order valence-corrected chi connectivity index (χ3v) is 4.05. The van der Waals surface area contributed by atoms with E-state index in [0.717, 1.165) is 31.5 Å². The van der Waals surface area contributed by atoms with Crippen molar-refractivity contribution >= 4 is 18.3 Å². The lowest BCUT2D eigenvalue weighted by Crippen LogP contribution is -2.48. The van der Waals surface area contributed by atoms with Crippen molar-refractivity contribution in [2.75, 3.05) is 20.1 Å². The number of piperidine rings is 1. The van der Waals surface area contributed by atoms with Gasteiger partial charge in [0.2, 0.25) is 5.91 Å². The first-order valence-electron chi connectivity index (χ1n) is 7.27. The van der Waals surface area contributed by atoms with Crippen LogP contribution in [0, 0.1) is 0 Å². The third-order valence-electron chi connectivity index (χ3n) is 4.05. The summed E-state index contributed by atoms with van der Waals surface area (Å²) in [5.41, 5.74) is 1.14. The molecule has 1 amide bonds. The second-order valence-electron chi connectivity index (χ2n) is 5.28. The van der Waals surface area contributed by atoms with Crippen molar-refractivity contribution in [2.45, 2.75) is 38.1 Å². The SMILES string of the molecule is CCC(C(=O)N1CCCC(NC)C1)c1ccccc1.Cl. The van der Waals surface area contributed by atoms with Crippen LogP contribution in [0.2, 0.25) is 0 Å². The minimum absolute atomic E-state index is 0. The molecule has 3 nitrogen and oxygen atoms in total. The highest BCUT2D eigenvalue weighted by molar-refractivity contribution is 5.85. The van der Waals surface area contributed by atoms with Gasteiger partial charge in [0.25, 0.3) is 0 Å². The molecule has 1 aliphatic heterocycles. The zero-order chi connectivity index (χ0) is 13.7. The minimum Gasteiger partial charge on any atom is -0.341 e. The van der Waals surface area contributed by atoms with E-state index in [0.29, 0.717) is 6.04 Å². The second kappa shape index (κ2) is 8.28. The summed E-state index contributed by atoms with van der Waals surface area (Å²) in [7, 11) is 1.98. The van der Waals surface area contributed by atoms with Crippen LogP contribution in [0.5, 0.6) is 0 Å². The largest absolute Gasteiger partial charge is 0.341 e. The first-order valence-corrected chi connectivity index (χ1v) is 7.27. The van der Waals surface area contributed by atoms with Gasteiger partial charge in [-0.3, -0.25) is 4.79 Å². The second-order valence-corrected chi connectivity index (χ2v) is 5.28. The smallest absolute Gasteiger partial charge is 0.230 e. The van der Waals surface area contributed by atoms with Crippen LogP contribution >= 0.6 is 12.4 Å². The molecule has 0 aliphatic carbocycles. The number of likely N-dealkylation sites (tertiary alicyclic amines) is 1. The number of amides is 1. The van der Waals surface area contributed by atoms with Crippen molar-refractivity contribution in [3.8, 4) is 0 Å². The average Bonchev–Trinajstić information content (AvgIpc) is 2.49. The first-order chi connectivity index (χ1) is 9.26. The van der Waals surface area contributed by atoms with Crippen molar-refractivity contribution in [3.05, 3.63) is 35.9 Å². The van der Waals surface area contributed by atoms with E-state index in [1.807, 2.05) is 30.1 Å². The molecule has 0 saturated carbocycles.